The second-order valence-corrected chi connectivity index (χ2v) is 5.60. The zero-order valence-electron chi connectivity index (χ0n) is 12.4. The molecule has 3 aromatic rings. The van der Waals surface area contributed by atoms with E-state index in [1.807, 2.05) is 0 Å². The molecule has 3 rings (SSSR count). The summed E-state index contributed by atoms with van der Waals surface area (Å²) in [4.78, 5) is 18.6. The van der Waals surface area contributed by atoms with E-state index in [0.29, 0.717) is 4.96 Å². The summed E-state index contributed by atoms with van der Waals surface area (Å²) in [5.41, 5.74) is -0.983. The Morgan fingerprint density at radius 1 is 1.44 bits per heavy atom. The van der Waals surface area contributed by atoms with E-state index in [2.05, 4.69) is 15.3 Å². The molecule has 0 aliphatic heterocycles. The predicted octanol–water partition coefficient (Wildman–Crippen LogP) is 3.21. The summed E-state index contributed by atoms with van der Waals surface area (Å²) in [6.07, 6.45) is -1.88. The Balaban J connectivity index is 1.66. The number of alkyl halides is 3. The van der Waals surface area contributed by atoms with Crippen molar-refractivity contribution in [3.63, 3.8) is 0 Å². The van der Waals surface area contributed by atoms with Crippen molar-refractivity contribution in [2.45, 2.75) is 6.18 Å². The molecule has 0 saturated carbocycles. The molecule has 0 radical (unpaired) electrons. The first-order valence-corrected chi connectivity index (χ1v) is 7.74. The number of imidazole rings is 1. The first-order chi connectivity index (χ1) is 11.9. The Labute approximate surface area is 142 Å². The highest BCUT2D eigenvalue weighted by Gasteiger charge is 2.35. The maximum Gasteiger partial charge on any atom is 0.421 e. The van der Waals surface area contributed by atoms with Gasteiger partial charge in [0, 0.05) is 11.6 Å². The Morgan fingerprint density at radius 2 is 2.24 bits per heavy atom. The zero-order chi connectivity index (χ0) is 18.0. The van der Waals surface area contributed by atoms with Crippen LogP contribution in [0.3, 0.4) is 0 Å². The molecule has 0 bridgehead atoms. The van der Waals surface area contributed by atoms with E-state index in [0.717, 1.165) is 12.1 Å². The minimum Gasteiger partial charge on any atom is -0.475 e. The second kappa shape index (κ2) is 6.55. The molecule has 3 heterocycles. The van der Waals surface area contributed by atoms with Gasteiger partial charge in [0.05, 0.1) is 6.54 Å². The number of thiazole rings is 1. The first-order valence-electron chi connectivity index (χ1n) is 6.86. The van der Waals surface area contributed by atoms with E-state index < -0.39 is 22.5 Å². The van der Waals surface area contributed by atoms with E-state index in [9.17, 15) is 23.3 Å². The fourth-order valence-corrected chi connectivity index (χ4v) is 2.81. The van der Waals surface area contributed by atoms with Crippen LogP contribution in [-0.2, 0) is 6.18 Å². The van der Waals surface area contributed by atoms with Crippen molar-refractivity contribution in [2.24, 2.45) is 0 Å². The number of ether oxygens (including phenoxy) is 1. The van der Waals surface area contributed by atoms with Crippen LogP contribution in [0.5, 0.6) is 5.88 Å². The number of pyridine rings is 1. The number of anilines is 1. The zero-order valence-corrected chi connectivity index (χ0v) is 13.2. The molecule has 0 aliphatic rings. The van der Waals surface area contributed by atoms with Gasteiger partial charge in [0.2, 0.25) is 11.7 Å². The smallest absolute Gasteiger partial charge is 0.421 e. The van der Waals surface area contributed by atoms with E-state index in [1.54, 1.807) is 5.38 Å². The van der Waals surface area contributed by atoms with Gasteiger partial charge in [0.15, 0.2) is 0 Å². The van der Waals surface area contributed by atoms with Crippen LogP contribution in [0, 0.1) is 10.1 Å². The number of aromatic nitrogens is 3. The van der Waals surface area contributed by atoms with E-state index in [1.165, 1.54) is 28.1 Å². The lowest BCUT2D eigenvalue weighted by Crippen LogP contribution is -2.16. The molecule has 8 nitrogen and oxygen atoms in total. The van der Waals surface area contributed by atoms with Gasteiger partial charge in [-0.1, -0.05) is 11.3 Å². The van der Waals surface area contributed by atoms with Crippen LogP contribution >= 0.6 is 11.3 Å². The number of hydrogen-bond donors (Lipinski definition) is 1. The van der Waals surface area contributed by atoms with Crippen LogP contribution in [0.4, 0.5) is 24.8 Å². The number of halogens is 3. The van der Waals surface area contributed by atoms with Gasteiger partial charge >= 0.3 is 12.0 Å². The maximum atomic E-state index is 12.8. The summed E-state index contributed by atoms with van der Waals surface area (Å²) in [5, 5.41) is 15.5. The second-order valence-electron chi connectivity index (χ2n) is 4.73. The van der Waals surface area contributed by atoms with Gasteiger partial charge in [-0.05, 0) is 17.1 Å². The minimum atomic E-state index is -4.58. The summed E-state index contributed by atoms with van der Waals surface area (Å²) in [6.45, 7) is -0.165. The van der Waals surface area contributed by atoms with Crippen molar-refractivity contribution in [3.05, 3.63) is 45.6 Å². The molecule has 0 unspecified atom stereocenters. The number of nitrogens with zero attached hydrogens (tertiary/aromatic N) is 4. The van der Waals surface area contributed by atoms with Gasteiger partial charge < -0.3 is 20.2 Å². The van der Waals surface area contributed by atoms with Crippen molar-refractivity contribution in [1.29, 1.82) is 0 Å². The molecular weight excluding hydrogens is 363 g/mol. The van der Waals surface area contributed by atoms with Gasteiger partial charge in [-0.15, -0.1) is 0 Å². The van der Waals surface area contributed by atoms with Gasteiger partial charge in [0.1, 0.15) is 18.4 Å². The van der Waals surface area contributed by atoms with Crippen molar-refractivity contribution >= 4 is 27.9 Å². The van der Waals surface area contributed by atoms with E-state index in [-0.39, 0.29) is 24.8 Å². The molecule has 12 heteroatoms. The van der Waals surface area contributed by atoms with Crippen molar-refractivity contribution in [2.75, 3.05) is 18.5 Å². The Bertz CT molecular complexity index is 908. The summed E-state index contributed by atoms with van der Waals surface area (Å²) in [7, 11) is 0. The molecule has 25 heavy (non-hydrogen) atoms. The highest BCUT2D eigenvalue weighted by atomic mass is 32.1. The fourth-order valence-electron chi connectivity index (χ4n) is 2.11. The minimum absolute atomic E-state index is 0.0134. The number of nitrogens with one attached hydrogen (secondary N) is 1. The lowest BCUT2D eigenvalue weighted by Gasteiger charge is -2.12. The SMILES string of the molecule is O=[N+]([O-])c1c(NCCOc2ncccc2C(F)(F)F)nc2sccn12. The van der Waals surface area contributed by atoms with Crippen molar-refractivity contribution in [3.8, 4) is 5.88 Å². The molecule has 132 valence electrons. The largest absolute Gasteiger partial charge is 0.475 e. The summed E-state index contributed by atoms with van der Waals surface area (Å²) in [5.74, 6) is -0.764. The highest BCUT2D eigenvalue weighted by Crippen LogP contribution is 2.34. The molecule has 0 aliphatic carbocycles. The standard InChI is InChI=1S/C13H10F3N5O3S/c14-13(15,16)8-2-1-3-18-10(8)24-6-4-17-9-11(21(22)23)20-5-7-25-12(20)19-9/h1-3,5,7,17H,4,6H2. The molecule has 0 aromatic carbocycles. The van der Waals surface area contributed by atoms with Crippen LogP contribution in [0.1, 0.15) is 5.56 Å². The van der Waals surface area contributed by atoms with Crippen molar-refractivity contribution < 1.29 is 22.8 Å². The fraction of sp³-hybridized carbons (Fsp3) is 0.231. The third kappa shape index (κ3) is 3.47. The number of fused-ring (bicyclic) bond motifs is 1. The summed E-state index contributed by atoms with van der Waals surface area (Å²) in [6, 6.07) is 2.03. The number of hydrogen-bond acceptors (Lipinski definition) is 7. The predicted molar refractivity (Wildman–Crippen MR) is 82.9 cm³/mol. The van der Waals surface area contributed by atoms with Gasteiger partial charge in [0.25, 0.3) is 4.96 Å². The average Bonchev–Trinajstić information content (AvgIpc) is 3.11. The normalized spacial score (nSPS) is 11.6. The summed E-state index contributed by atoms with van der Waals surface area (Å²) >= 11 is 1.22. The van der Waals surface area contributed by atoms with Gasteiger partial charge in [-0.2, -0.15) is 22.6 Å². The number of nitro groups is 1. The monoisotopic (exact) mass is 373 g/mol. The quantitative estimate of drug-likeness (QED) is 0.405. The first kappa shape index (κ1) is 17.0. The lowest BCUT2D eigenvalue weighted by molar-refractivity contribution is -0.389. The maximum absolute atomic E-state index is 12.8. The molecule has 0 saturated heterocycles. The molecule has 0 fully saturated rings. The van der Waals surface area contributed by atoms with Crippen LogP contribution in [0.15, 0.2) is 29.9 Å². The van der Waals surface area contributed by atoms with Gasteiger partial charge in [-0.3, -0.25) is 0 Å². The molecule has 3 aromatic heterocycles. The molecular formula is C13H10F3N5O3S. The Hall–Kier alpha value is -2.89. The van der Waals surface area contributed by atoms with Crippen LogP contribution in [0.25, 0.3) is 4.96 Å². The highest BCUT2D eigenvalue weighted by molar-refractivity contribution is 7.15. The van der Waals surface area contributed by atoms with Crippen LogP contribution < -0.4 is 10.1 Å². The lowest BCUT2D eigenvalue weighted by atomic mass is 10.2. The molecule has 0 spiro atoms. The Kier molecular flexibility index (Phi) is 4.44. The third-order valence-corrected chi connectivity index (χ3v) is 3.88. The molecule has 0 amide bonds. The van der Waals surface area contributed by atoms with E-state index >= 15 is 0 Å². The molecule has 0 atom stereocenters. The molecule has 1 N–H and O–H groups in total. The van der Waals surface area contributed by atoms with Crippen molar-refractivity contribution in [1.82, 2.24) is 14.4 Å². The number of rotatable bonds is 6. The van der Waals surface area contributed by atoms with Crippen LogP contribution in [-0.4, -0.2) is 32.4 Å². The summed E-state index contributed by atoms with van der Waals surface area (Å²) < 4.78 is 44.8. The average molecular weight is 373 g/mol. The Morgan fingerprint density at radius 3 is 2.96 bits per heavy atom. The van der Waals surface area contributed by atoms with Gasteiger partial charge in [-0.25, -0.2) is 4.98 Å². The topological polar surface area (TPSA) is 94.6 Å². The van der Waals surface area contributed by atoms with E-state index in [4.69, 9.17) is 4.74 Å². The van der Waals surface area contributed by atoms with Crippen LogP contribution in [0.2, 0.25) is 0 Å². The third-order valence-electron chi connectivity index (χ3n) is 3.12.